The molecule has 6 rings (SSSR count). The molecule has 0 aliphatic carbocycles. The van der Waals surface area contributed by atoms with Gasteiger partial charge in [0.2, 0.25) is 17.7 Å². The van der Waals surface area contributed by atoms with E-state index in [1.807, 2.05) is 24.3 Å². The number of phenols is 1. The Morgan fingerprint density at radius 3 is 2.35 bits per heavy atom. The van der Waals surface area contributed by atoms with Crippen molar-refractivity contribution in [2.45, 2.75) is 22.7 Å². The van der Waals surface area contributed by atoms with E-state index in [0.29, 0.717) is 21.3 Å². The Kier molecular flexibility index (Phi) is 7.19. The zero-order valence-electron chi connectivity index (χ0n) is 20.4. The standard InChI is InChI=1S/C28H19Br2N3O5S2/c29-15-4-8-18(9-5-15)33-25(36)22-21(14-2-1-3-16(30)12-14)24-27(39-23(22)26(33)37)32(28(38)40-24)13-20(35)31-17-6-10-19(34)11-7-17/h1-12,21-23,34H,13H2,(H,31,35)/t21-,22?,23?/m1/s1. The van der Waals surface area contributed by atoms with Gasteiger partial charge in [0.1, 0.15) is 17.5 Å². The maximum absolute atomic E-state index is 13.9. The number of phenolic OH excluding ortho intramolecular Hbond substituents is 1. The molecule has 0 radical (unpaired) electrons. The van der Waals surface area contributed by atoms with Gasteiger partial charge in [-0.2, -0.15) is 0 Å². The number of fused-ring (bicyclic) bond motifs is 2. The third-order valence-electron chi connectivity index (χ3n) is 6.79. The molecule has 4 aromatic rings. The summed E-state index contributed by atoms with van der Waals surface area (Å²) in [4.78, 5) is 55.4. The molecule has 40 heavy (non-hydrogen) atoms. The smallest absolute Gasteiger partial charge is 0.308 e. The van der Waals surface area contributed by atoms with E-state index in [1.165, 1.54) is 33.4 Å². The van der Waals surface area contributed by atoms with Crippen molar-refractivity contribution in [3.63, 3.8) is 0 Å². The van der Waals surface area contributed by atoms with Crippen molar-refractivity contribution in [2.24, 2.45) is 5.92 Å². The molecule has 0 saturated carbocycles. The maximum Gasteiger partial charge on any atom is 0.308 e. The lowest BCUT2D eigenvalue weighted by molar-refractivity contribution is -0.122. The summed E-state index contributed by atoms with van der Waals surface area (Å²) >= 11 is 9.07. The van der Waals surface area contributed by atoms with Gasteiger partial charge in [0.05, 0.1) is 16.6 Å². The van der Waals surface area contributed by atoms with E-state index >= 15 is 0 Å². The highest BCUT2D eigenvalue weighted by Gasteiger charge is 2.56. The lowest BCUT2D eigenvalue weighted by Crippen LogP contribution is -2.33. The Labute approximate surface area is 253 Å². The molecule has 1 saturated heterocycles. The number of rotatable bonds is 5. The average molecular weight is 701 g/mol. The van der Waals surface area contributed by atoms with Crippen LogP contribution >= 0.6 is 55.0 Å². The molecule has 2 N–H and O–H groups in total. The van der Waals surface area contributed by atoms with Crippen LogP contribution in [0.25, 0.3) is 0 Å². The summed E-state index contributed by atoms with van der Waals surface area (Å²) in [6, 6.07) is 20.5. The van der Waals surface area contributed by atoms with Crippen LogP contribution in [0, 0.1) is 5.92 Å². The van der Waals surface area contributed by atoms with Crippen molar-refractivity contribution in [1.82, 2.24) is 4.57 Å². The van der Waals surface area contributed by atoms with Gasteiger partial charge in [-0.1, -0.05) is 67.1 Å². The molecule has 202 valence electrons. The van der Waals surface area contributed by atoms with Crippen LogP contribution in [0.3, 0.4) is 0 Å². The lowest BCUT2D eigenvalue weighted by atomic mass is 9.83. The number of thioether (sulfide) groups is 1. The fourth-order valence-corrected chi connectivity index (χ4v) is 8.50. The largest absolute Gasteiger partial charge is 0.508 e. The monoisotopic (exact) mass is 699 g/mol. The summed E-state index contributed by atoms with van der Waals surface area (Å²) in [7, 11) is 0. The summed E-state index contributed by atoms with van der Waals surface area (Å²) in [5, 5.41) is 12.0. The van der Waals surface area contributed by atoms with Gasteiger partial charge in [-0.15, -0.1) is 0 Å². The zero-order valence-corrected chi connectivity index (χ0v) is 25.2. The Morgan fingerprint density at radius 2 is 1.65 bits per heavy atom. The van der Waals surface area contributed by atoms with Crippen molar-refractivity contribution in [1.29, 1.82) is 0 Å². The number of halogens is 2. The number of aromatic nitrogens is 1. The quantitative estimate of drug-likeness (QED) is 0.208. The van der Waals surface area contributed by atoms with E-state index in [2.05, 4.69) is 37.2 Å². The number of nitrogens with zero attached hydrogens (tertiary/aromatic N) is 2. The molecule has 1 fully saturated rings. The molecule has 2 unspecified atom stereocenters. The molecule has 0 spiro atoms. The number of aromatic hydroxyl groups is 1. The average Bonchev–Trinajstić information content (AvgIpc) is 3.36. The highest BCUT2D eigenvalue weighted by atomic mass is 79.9. The fourth-order valence-electron chi connectivity index (χ4n) is 5.05. The maximum atomic E-state index is 13.9. The predicted molar refractivity (Wildman–Crippen MR) is 161 cm³/mol. The molecule has 2 aliphatic heterocycles. The van der Waals surface area contributed by atoms with Gasteiger partial charge in [0.15, 0.2) is 0 Å². The topological polar surface area (TPSA) is 109 Å². The number of carbonyl (C=O) groups is 3. The third kappa shape index (κ3) is 4.83. The molecule has 3 heterocycles. The molecule has 1 aromatic heterocycles. The Bertz CT molecular complexity index is 1720. The van der Waals surface area contributed by atoms with E-state index in [4.69, 9.17) is 0 Å². The van der Waals surface area contributed by atoms with Crippen LogP contribution in [0.1, 0.15) is 16.4 Å². The summed E-state index contributed by atoms with van der Waals surface area (Å²) < 4.78 is 3.01. The second-order valence-electron chi connectivity index (χ2n) is 9.30. The minimum atomic E-state index is -0.770. The molecule has 3 atom stereocenters. The minimum Gasteiger partial charge on any atom is -0.508 e. The van der Waals surface area contributed by atoms with Gasteiger partial charge in [-0.05, 0) is 66.2 Å². The zero-order chi connectivity index (χ0) is 28.1. The molecular weight excluding hydrogens is 682 g/mol. The van der Waals surface area contributed by atoms with Gasteiger partial charge in [0, 0.05) is 25.4 Å². The fraction of sp³-hybridized carbons (Fsp3) is 0.143. The summed E-state index contributed by atoms with van der Waals surface area (Å²) in [5.74, 6) is -2.31. The van der Waals surface area contributed by atoms with Gasteiger partial charge in [-0.3, -0.25) is 23.7 Å². The minimum absolute atomic E-state index is 0.0682. The molecular formula is C28H19Br2N3O5S2. The van der Waals surface area contributed by atoms with Gasteiger partial charge < -0.3 is 10.4 Å². The van der Waals surface area contributed by atoms with Crippen LogP contribution in [0.15, 0.2) is 91.6 Å². The van der Waals surface area contributed by atoms with E-state index in [-0.39, 0.29) is 29.0 Å². The van der Waals surface area contributed by atoms with Crippen molar-refractivity contribution < 1.29 is 19.5 Å². The first-order valence-electron chi connectivity index (χ1n) is 12.1. The number of hydrogen-bond donors (Lipinski definition) is 2. The highest BCUT2D eigenvalue weighted by molar-refractivity contribution is 9.10. The Hall–Kier alpha value is -3.19. The van der Waals surface area contributed by atoms with E-state index in [0.717, 1.165) is 25.8 Å². The number of benzene rings is 3. The van der Waals surface area contributed by atoms with Crippen molar-refractivity contribution in [2.75, 3.05) is 10.2 Å². The Balaban J connectivity index is 1.41. The van der Waals surface area contributed by atoms with Crippen molar-refractivity contribution in [3.8, 4) is 5.75 Å². The Morgan fingerprint density at radius 1 is 0.925 bits per heavy atom. The molecule has 12 heteroatoms. The third-order valence-corrected chi connectivity index (χ3v) is 10.4. The van der Waals surface area contributed by atoms with E-state index < -0.39 is 23.0 Å². The summed E-state index contributed by atoms with van der Waals surface area (Å²) in [6.45, 7) is -0.264. The molecule has 2 aliphatic rings. The SMILES string of the molecule is O=C(Cn1c2c(sc1=O)[C@H](c1cccc(Br)c1)C1C(=O)N(c3ccc(Br)cc3)C(=O)C1S2)Nc1ccc(O)cc1. The molecule has 0 bridgehead atoms. The van der Waals surface area contributed by atoms with Crippen LogP contribution < -0.4 is 15.1 Å². The highest BCUT2D eigenvalue weighted by Crippen LogP contribution is 2.54. The number of nitrogens with one attached hydrogen (secondary N) is 1. The van der Waals surface area contributed by atoms with E-state index in [1.54, 1.807) is 36.4 Å². The van der Waals surface area contributed by atoms with Crippen LogP contribution in [-0.4, -0.2) is 32.6 Å². The van der Waals surface area contributed by atoms with Gasteiger partial charge in [-0.25, -0.2) is 4.90 Å². The molecule has 8 nitrogen and oxygen atoms in total. The van der Waals surface area contributed by atoms with Gasteiger partial charge in [0.25, 0.3) is 0 Å². The van der Waals surface area contributed by atoms with Crippen molar-refractivity contribution >= 4 is 84.1 Å². The number of hydrogen-bond acceptors (Lipinski definition) is 7. The van der Waals surface area contributed by atoms with E-state index in [9.17, 15) is 24.3 Å². The van der Waals surface area contributed by atoms with Crippen LogP contribution in [0.5, 0.6) is 5.75 Å². The number of imide groups is 1. The van der Waals surface area contributed by atoms with Gasteiger partial charge >= 0.3 is 4.87 Å². The van der Waals surface area contributed by atoms with Crippen molar-refractivity contribution in [3.05, 3.63) is 102 Å². The summed E-state index contributed by atoms with van der Waals surface area (Å²) in [5.41, 5.74) is 1.75. The normalized spacial score (nSPS) is 19.9. The predicted octanol–water partition coefficient (Wildman–Crippen LogP) is 5.57. The van der Waals surface area contributed by atoms with Crippen LogP contribution in [-0.2, 0) is 20.9 Å². The number of carbonyl (C=O) groups excluding carboxylic acids is 3. The number of thiazole rings is 1. The first-order chi connectivity index (χ1) is 19.2. The first-order valence-corrected chi connectivity index (χ1v) is 15.4. The van der Waals surface area contributed by atoms with Crippen LogP contribution in [0.2, 0.25) is 0 Å². The molecule has 3 amide bonds. The number of amides is 3. The number of anilines is 2. The first kappa shape index (κ1) is 27.0. The second kappa shape index (κ2) is 10.7. The molecule has 3 aromatic carbocycles. The second-order valence-corrected chi connectivity index (χ2v) is 13.3. The lowest BCUT2D eigenvalue weighted by Gasteiger charge is -2.30. The van der Waals surface area contributed by atoms with Crippen LogP contribution in [0.4, 0.5) is 11.4 Å². The summed E-state index contributed by atoms with van der Waals surface area (Å²) in [6.07, 6.45) is 0.